The maximum absolute atomic E-state index is 8.39. The molecule has 0 N–H and O–H groups in total. The summed E-state index contributed by atoms with van der Waals surface area (Å²) in [5.74, 6) is 0. The van der Waals surface area contributed by atoms with Crippen molar-refractivity contribution >= 4 is 22.0 Å². The zero-order valence-corrected chi connectivity index (χ0v) is 16.0. The number of hydrogen-bond donors (Lipinski definition) is 0. The van der Waals surface area contributed by atoms with Gasteiger partial charge in [-0.2, -0.15) is 0 Å². The van der Waals surface area contributed by atoms with Crippen molar-refractivity contribution < 1.29 is 1.37 Å². The second-order valence-electron chi connectivity index (χ2n) is 5.87. The van der Waals surface area contributed by atoms with Gasteiger partial charge in [0, 0.05) is 0 Å². The van der Waals surface area contributed by atoms with Crippen LogP contribution in [0.3, 0.4) is 0 Å². The summed E-state index contributed by atoms with van der Waals surface area (Å²) >= 11 is -2.35. The third kappa shape index (κ3) is 5.49. The SMILES string of the molecule is [2H]c1cccc[c]1[Sn]([CH2]CCC)([CH2]CCC)[CH2]CCC. The second kappa shape index (κ2) is 9.85. The normalized spacial score (nSPS) is 12.5. The molecular weight excluding hydrogens is 335 g/mol. The molecule has 108 valence electrons. The van der Waals surface area contributed by atoms with Crippen molar-refractivity contribution in [3.05, 3.63) is 30.3 Å². The van der Waals surface area contributed by atoms with Crippen LogP contribution < -0.4 is 3.58 Å². The van der Waals surface area contributed by atoms with Crippen LogP contribution in [0.1, 0.15) is 60.7 Å². The van der Waals surface area contributed by atoms with E-state index in [1.165, 1.54) is 55.4 Å². The minimum absolute atomic E-state index is 0.839. The summed E-state index contributed by atoms with van der Waals surface area (Å²) in [5, 5.41) is 0. The van der Waals surface area contributed by atoms with Gasteiger partial charge in [0.05, 0.1) is 0 Å². The van der Waals surface area contributed by atoms with Crippen LogP contribution >= 0.6 is 0 Å². The molecule has 1 rings (SSSR count). The average Bonchev–Trinajstić information content (AvgIpc) is 2.48. The van der Waals surface area contributed by atoms with Crippen molar-refractivity contribution in [3.8, 4) is 0 Å². The molecular formula is C18H32Sn. The average molecular weight is 368 g/mol. The summed E-state index contributed by atoms with van der Waals surface area (Å²) in [6.07, 6.45) is 8.03. The zero-order chi connectivity index (χ0) is 14.8. The quantitative estimate of drug-likeness (QED) is 0.462. The van der Waals surface area contributed by atoms with E-state index < -0.39 is 18.4 Å². The topological polar surface area (TPSA) is 0 Å². The number of unbranched alkanes of at least 4 members (excludes halogenated alkanes) is 3. The molecule has 0 bridgehead atoms. The van der Waals surface area contributed by atoms with Crippen LogP contribution in [0.5, 0.6) is 0 Å². The molecule has 19 heavy (non-hydrogen) atoms. The van der Waals surface area contributed by atoms with Gasteiger partial charge in [-0.3, -0.25) is 0 Å². The maximum atomic E-state index is 8.39. The molecule has 0 heterocycles. The van der Waals surface area contributed by atoms with Crippen LogP contribution in [0, 0.1) is 0 Å². The second-order valence-corrected chi connectivity index (χ2v) is 19.0. The monoisotopic (exact) mass is 369 g/mol. The molecule has 0 unspecified atom stereocenters. The van der Waals surface area contributed by atoms with Crippen LogP contribution in [-0.2, 0) is 0 Å². The van der Waals surface area contributed by atoms with E-state index in [9.17, 15) is 0 Å². The molecule has 0 saturated heterocycles. The van der Waals surface area contributed by atoms with E-state index in [0.717, 1.165) is 6.04 Å². The molecule has 0 saturated carbocycles. The first-order valence-electron chi connectivity index (χ1n) is 8.76. The van der Waals surface area contributed by atoms with Crippen LogP contribution in [0.15, 0.2) is 30.3 Å². The molecule has 0 aliphatic heterocycles. The van der Waals surface area contributed by atoms with Gasteiger partial charge in [-0.25, -0.2) is 0 Å². The van der Waals surface area contributed by atoms with Crippen molar-refractivity contribution in [2.45, 2.75) is 72.6 Å². The molecule has 0 aliphatic rings. The van der Waals surface area contributed by atoms with E-state index in [1.54, 1.807) is 0 Å². The summed E-state index contributed by atoms with van der Waals surface area (Å²) < 4.78 is 14.3. The zero-order valence-electron chi connectivity index (χ0n) is 14.2. The number of hydrogen-bond acceptors (Lipinski definition) is 0. The summed E-state index contributed by atoms with van der Waals surface area (Å²) in [5.41, 5.74) is 0. The van der Waals surface area contributed by atoms with Crippen molar-refractivity contribution in [2.24, 2.45) is 0 Å². The summed E-state index contributed by atoms with van der Waals surface area (Å²) in [4.78, 5) is 0. The van der Waals surface area contributed by atoms with E-state index in [2.05, 4.69) is 32.9 Å². The Morgan fingerprint density at radius 3 is 1.79 bits per heavy atom. The van der Waals surface area contributed by atoms with E-state index in [4.69, 9.17) is 1.37 Å². The van der Waals surface area contributed by atoms with Gasteiger partial charge in [-0.1, -0.05) is 0 Å². The number of benzene rings is 1. The van der Waals surface area contributed by atoms with Crippen molar-refractivity contribution in [2.75, 3.05) is 0 Å². The van der Waals surface area contributed by atoms with Crippen LogP contribution in [-0.4, -0.2) is 18.4 Å². The fraction of sp³-hybridized carbons (Fsp3) is 0.667. The van der Waals surface area contributed by atoms with Crippen molar-refractivity contribution in [1.29, 1.82) is 0 Å². The summed E-state index contributed by atoms with van der Waals surface area (Å²) in [6, 6.07) is 9.36. The van der Waals surface area contributed by atoms with Crippen LogP contribution in [0.4, 0.5) is 0 Å². The Bertz CT molecular complexity index is 354. The first-order valence-corrected chi connectivity index (χ1v) is 15.7. The summed E-state index contributed by atoms with van der Waals surface area (Å²) in [6.45, 7) is 6.93. The van der Waals surface area contributed by atoms with E-state index >= 15 is 0 Å². The molecule has 1 heteroatoms. The van der Waals surface area contributed by atoms with Gasteiger partial charge >= 0.3 is 126 Å². The molecule has 0 aliphatic carbocycles. The third-order valence-corrected chi connectivity index (χ3v) is 19.7. The van der Waals surface area contributed by atoms with Gasteiger partial charge in [-0.15, -0.1) is 0 Å². The Balaban J connectivity index is 3.08. The third-order valence-electron chi connectivity index (χ3n) is 4.31. The standard InChI is InChI=1S/C6H5.3C4H9.Sn/c1-2-4-6-5-3-1;3*1-3-4-2;/h1-5H;3*1,3-4H2,2H3;/i4D;;;;. The number of rotatable bonds is 10. The molecule has 0 spiro atoms. The van der Waals surface area contributed by atoms with Gasteiger partial charge < -0.3 is 0 Å². The minimum atomic E-state index is -2.35. The molecule has 0 amide bonds. The molecule has 1 aromatic rings. The molecule has 0 aromatic heterocycles. The molecule has 0 fully saturated rings. The van der Waals surface area contributed by atoms with Gasteiger partial charge in [0.25, 0.3) is 0 Å². The summed E-state index contributed by atoms with van der Waals surface area (Å²) in [7, 11) is 0. The van der Waals surface area contributed by atoms with Crippen molar-refractivity contribution in [1.82, 2.24) is 0 Å². The van der Waals surface area contributed by atoms with Gasteiger partial charge in [0.2, 0.25) is 0 Å². The fourth-order valence-corrected chi connectivity index (χ4v) is 18.7. The molecule has 1 aromatic carbocycles. The van der Waals surface area contributed by atoms with Gasteiger partial charge in [-0.05, 0) is 0 Å². The van der Waals surface area contributed by atoms with E-state index in [1.807, 2.05) is 12.1 Å². The first-order chi connectivity index (χ1) is 9.70. The van der Waals surface area contributed by atoms with Crippen molar-refractivity contribution in [3.63, 3.8) is 0 Å². The fourth-order valence-electron chi connectivity index (χ4n) is 3.05. The van der Waals surface area contributed by atoms with Crippen LogP contribution in [0.25, 0.3) is 0 Å². The molecule has 0 nitrogen and oxygen atoms in total. The van der Waals surface area contributed by atoms with E-state index in [-0.39, 0.29) is 0 Å². The Kier molecular flexibility index (Phi) is 7.99. The Labute approximate surface area is 126 Å². The van der Waals surface area contributed by atoms with E-state index in [0.29, 0.717) is 0 Å². The Morgan fingerprint density at radius 1 is 0.842 bits per heavy atom. The molecule has 0 radical (unpaired) electrons. The van der Waals surface area contributed by atoms with Gasteiger partial charge in [0.1, 0.15) is 0 Å². The van der Waals surface area contributed by atoms with Gasteiger partial charge in [0.15, 0.2) is 0 Å². The first kappa shape index (κ1) is 15.4. The Morgan fingerprint density at radius 2 is 1.37 bits per heavy atom. The molecule has 0 atom stereocenters. The predicted octanol–water partition coefficient (Wildman–Crippen LogP) is 5.74. The van der Waals surface area contributed by atoms with Crippen LogP contribution in [0.2, 0.25) is 13.3 Å². The predicted molar refractivity (Wildman–Crippen MR) is 91.0 cm³/mol. The Hall–Kier alpha value is 0.0187.